The number of amides is 1. The van der Waals surface area contributed by atoms with Gasteiger partial charge < -0.3 is 10.4 Å². The Labute approximate surface area is 192 Å². The number of halogens is 2. The van der Waals surface area contributed by atoms with Crippen molar-refractivity contribution in [3.63, 3.8) is 0 Å². The van der Waals surface area contributed by atoms with Gasteiger partial charge in [-0.3, -0.25) is 9.36 Å². The van der Waals surface area contributed by atoms with E-state index in [0.29, 0.717) is 18.4 Å². The molecular weight excluding hydrogens is 449 g/mol. The first-order valence-corrected chi connectivity index (χ1v) is 10.7. The van der Waals surface area contributed by atoms with Crippen LogP contribution < -0.4 is 5.32 Å². The van der Waals surface area contributed by atoms with E-state index < -0.39 is 11.9 Å². The lowest BCUT2D eigenvalue weighted by Crippen LogP contribution is -2.45. The molecule has 2 heterocycles. The molecule has 1 saturated carbocycles. The van der Waals surface area contributed by atoms with Gasteiger partial charge in [0.05, 0.1) is 12.2 Å². The van der Waals surface area contributed by atoms with Gasteiger partial charge in [0.25, 0.3) is 5.91 Å². The topological polar surface area (TPSA) is 111 Å². The fourth-order valence-corrected chi connectivity index (χ4v) is 3.94. The zero-order valence-corrected chi connectivity index (χ0v) is 18.0. The average molecular weight is 468 g/mol. The molecule has 0 spiro atoms. The van der Waals surface area contributed by atoms with Crippen molar-refractivity contribution >= 4 is 17.5 Å². The molecule has 0 bridgehead atoms. The van der Waals surface area contributed by atoms with Gasteiger partial charge in [-0.2, -0.15) is 0 Å². The number of aliphatic hydroxyl groups is 1. The van der Waals surface area contributed by atoms with Crippen LogP contribution in [0.25, 0.3) is 5.69 Å². The molecule has 1 atom stereocenters. The van der Waals surface area contributed by atoms with Gasteiger partial charge in [-0.1, -0.05) is 22.9 Å². The molecule has 1 aliphatic carbocycles. The normalized spacial score (nSPS) is 18.5. The second kappa shape index (κ2) is 8.72. The number of nitrogens with one attached hydrogen (secondary N) is 1. The van der Waals surface area contributed by atoms with E-state index in [1.807, 2.05) is 12.1 Å². The first-order chi connectivity index (χ1) is 16.0. The molecule has 2 aromatic carbocycles. The number of carbonyl (C=O) groups is 1. The van der Waals surface area contributed by atoms with Crippen molar-refractivity contribution in [2.75, 3.05) is 0 Å². The summed E-state index contributed by atoms with van der Waals surface area (Å²) in [4.78, 5) is 12.5. The number of aromatic nitrogens is 6. The van der Waals surface area contributed by atoms with Gasteiger partial charge in [-0.15, -0.1) is 15.3 Å². The molecule has 0 saturated heterocycles. The first-order valence-electron chi connectivity index (χ1n) is 10.3. The minimum Gasteiger partial charge on any atom is -0.382 e. The standard InChI is InChI=1S/C22H19ClFN7O2/c23-14-3-6-18(19(24)7-14)21(32)20-10-31(29-28-20)17-8-15(9-17)27-22(33)13-1-4-16(5-2-13)30-11-25-26-12-30/h1-7,10-12,15,17,21,32H,8-9H2,(H,27,33). The second-order valence-electron chi connectivity index (χ2n) is 7.90. The summed E-state index contributed by atoms with van der Waals surface area (Å²) in [5.74, 6) is -0.757. The molecule has 1 aliphatic rings. The lowest BCUT2D eigenvalue weighted by Gasteiger charge is -2.35. The van der Waals surface area contributed by atoms with Crippen LogP contribution in [-0.2, 0) is 0 Å². The Kier molecular flexibility index (Phi) is 5.61. The summed E-state index contributed by atoms with van der Waals surface area (Å²) in [6, 6.07) is 11.3. The Hall–Kier alpha value is -3.63. The SMILES string of the molecule is O=C(NC1CC(n2cc(C(O)c3ccc(Cl)cc3F)nn2)C1)c1ccc(-n2cnnc2)cc1. The van der Waals surface area contributed by atoms with Crippen molar-refractivity contribution in [3.8, 4) is 5.69 Å². The maximum atomic E-state index is 14.1. The minimum absolute atomic E-state index is 0.00584. The fraction of sp³-hybridized carbons (Fsp3) is 0.227. The van der Waals surface area contributed by atoms with Crippen LogP contribution in [-0.4, -0.2) is 46.8 Å². The lowest BCUT2D eigenvalue weighted by atomic mass is 9.86. The molecule has 4 aromatic rings. The zero-order valence-electron chi connectivity index (χ0n) is 17.2. The number of nitrogens with zero attached hydrogens (tertiary/aromatic N) is 6. The molecule has 1 amide bonds. The van der Waals surface area contributed by atoms with E-state index in [1.165, 1.54) is 12.1 Å². The molecule has 33 heavy (non-hydrogen) atoms. The molecule has 9 nitrogen and oxygen atoms in total. The molecule has 5 rings (SSSR count). The largest absolute Gasteiger partial charge is 0.382 e. The highest BCUT2D eigenvalue weighted by atomic mass is 35.5. The number of hydrogen-bond acceptors (Lipinski definition) is 6. The summed E-state index contributed by atoms with van der Waals surface area (Å²) in [6.07, 6.45) is 4.89. The van der Waals surface area contributed by atoms with Crippen LogP contribution >= 0.6 is 11.6 Å². The van der Waals surface area contributed by atoms with Crippen molar-refractivity contribution in [1.29, 1.82) is 0 Å². The molecule has 2 N–H and O–H groups in total. The van der Waals surface area contributed by atoms with E-state index in [2.05, 4.69) is 25.8 Å². The number of carbonyl (C=O) groups excluding carboxylic acids is 1. The first kappa shape index (κ1) is 21.2. The molecule has 0 aliphatic heterocycles. The monoisotopic (exact) mass is 467 g/mol. The van der Waals surface area contributed by atoms with Gasteiger partial charge in [-0.25, -0.2) is 9.07 Å². The third-order valence-electron chi connectivity index (χ3n) is 5.73. The predicted molar refractivity (Wildman–Crippen MR) is 116 cm³/mol. The Bertz CT molecular complexity index is 1270. The number of aliphatic hydroxyl groups excluding tert-OH is 1. The maximum Gasteiger partial charge on any atom is 0.251 e. The van der Waals surface area contributed by atoms with Crippen LogP contribution in [0.3, 0.4) is 0 Å². The van der Waals surface area contributed by atoms with Gasteiger partial charge in [0, 0.05) is 27.9 Å². The molecule has 11 heteroatoms. The van der Waals surface area contributed by atoms with Crippen LogP contribution in [0.15, 0.2) is 61.3 Å². The molecule has 1 unspecified atom stereocenters. The fourth-order valence-electron chi connectivity index (χ4n) is 3.79. The summed E-state index contributed by atoms with van der Waals surface area (Å²) in [5.41, 5.74) is 1.76. The van der Waals surface area contributed by atoms with Crippen molar-refractivity contribution in [2.24, 2.45) is 0 Å². The Balaban J connectivity index is 1.16. The van der Waals surface area contributed by atoms with E-state index in [0.717, 1.165) is 11.8 Å². The Morgan fingerprint density at radius 2 is 1.88 bits per heavy atom. The lowest BCUT2D eigenvalue weighted by molar-refractivity contribution is 0.0888. The molecule has 168 valence electrons. The summed E-state index contributed by atoms with van der Waals surface area (Å²) < 4.78 is 17.5. The van der Waals surface area contributed by atoms with Crippen LogP contribution in [0, 0.1) is 5.82 Å². The van der Waals surface area contributed by atoms with Gasteiger partial charge in [-0.05, 0) is 49.2 Å². The van der Waals surface area contributed by atoms with Crippen molar-refractivity contribution in [3.05, 3.63) is 89.0 Å². The maximum absolute atomic E-state index is 14.1. The van der Waals surface area contributed by atoms with Crippen LogP contribution in [0.5, 0.6) is 0 Å². The van der Waals surface area contributed by atoms with Crippen LogP contribution in [0.4, 0.5) is 4.39 Å². The highest BCUT2D eigenvalue weighted by molar-refractivity contribution is 6.30. The smallest absolute Gasteiger partial charge is 0.251 e. The van der Waals surface area contributed by atoms with E-state index in [4.69, 9.17) is 11.6 Å². The van der Waals surface area contributed by atoms with E-state index in [1.54, 1.807) is 40.2 Å². The van der Waals surface area contributed by atoms with Crippen molar-refractivity contribution in [2.45, 2.75) is 31.0 Å². The summed E-state index contributed by atoms with van der Waals surface area (Å²) in [6.45, 7) is 0. The summed E-state index contributed by atoms with van der Waals surface area (Å²) in [7, 11) is 0. The minimum atomic E-state index is -1.24. The van der Waals surface area contributed by atoms with Gasteiger partial charge in [0.2, 0.25) is 0 Å². The Morgan fingerprint density at radius 3 is 2.58 bits per heavy atom. The predicted octanol–water partition coefficient (Wildman–Crippen LogP) is 2.87. The molecular formula is C22H19ClFN7O2. The van der Waals surface area contributed by atoms with Crippen LogP contribution in [0.1, 0.15) is 46.6 Å². The molecule has 0 radical (unpaired) electrons. The molecule has 2 aromatic heterocycles. The third kappa shape index (κ3) is 4.35. The van der Waals surface area contributed by atoms with Gasteiger partial charge >= 0.3 is 0 Å². The van der Waals surface area contributed by atoms with Crippen molar-refractivity contribution in [1.82, 2.24) is 35.1 Å². The third-order valence-corrected chi connectivity index (χ3v) is 5.97. The quantitative estimate of drug-likeness (QED) is 0.451. The number of hydrogen-bond donors (Lipinski definition) is 2. The van der Waals surface area contributed by atoms with Crippen molar-refractivity contribution < 1.29 is 14.3 Å². The average Bonchev–Trinajstić information content (AvgIpc) is 3.48. The van der Waals surface area contributed by atoms with E-state index >= 15 is 0 Å². The second-order valence-corrected chi connectivity index (χ2v) is 8.34. The van der Waals surface area contributed by atoms with Gasteiger partial charge in [0.1, 0.15) is 30.3 Å². The van der Waals surface area contributed by atoms with Gasteiger partial charge in [0.15, 0.2) is 0 Å². The van der Waals surface area contributed by atoms with E-state index in [9.17, 15) is 14.3 Å². The number of rotatable bonds is 6. The number of benzene rings is 2. The van der Waals surface area contributed by atoms with E-state index in [-0.39, 0.29) is 34.3 Å². The zero-order chi connectivity index (χ0) is 22.9. The van der Waals surface area contributed by atoms with Crippen LogP contribution in [0.2, 0.25) is 5.02 Å². The molecule has 1 fully saturated rings. The summed E-state index contributed by atoms with van der Waals surface area (Å²) in [5, 5.41) is 29.3. The highest BCUT2D eigenvalue weighted by Crippen LogP contribution is 2.33. The highest BCUT2D eigenvalue weighted by Gasteiger charge is 2.33. The Morgan fingerprint density at radius 1 is 1.15 bits per heavy atom. The summed E-state index contributed by atoms with van der Waals surface area (Å²) >= 11 is 5.77.